The predicted molar refractivity (Wildman–Crippen MR) is 158 cm³/mol. The normalized spacial score (nSPS) is 15.2. The van der Waals surface area contributed by atoms with Crippen molar-refractivity contribution in [3.63, 3.8) is 0 Å². The number of fused-ring (bicyclic) bond motifs is 1. The number of carbonyl (C=O) groups is 1. The zero-order valence-corrected chi connectivity index (χ0v) is 24.3. The Bertz CT molecular complexity index is 1750. The van der Waals surface area contributed by atoms with E-state index in [1.807, 2.05) is 42.5 Å². The molecule has 0 amide bonds. The molecule has 0 spiro atoms. The van der Waals surface area contributed by atoms with Crippen molar-refractivity contribution in [2.75, 3.05) is 0 Å². The molecule has 0 saturated carbocycles. The van der Waals surface area contributed by atoms with Gasteiger partial charge in [0.05, 0.1) is 27.9 Å². The first kappa shape index (κ1) is 27.6. The first-order valence-electron chi connectivity index (χ1n) is 13.0. The maximum Gasteiger partial charge on any atom is 0.338 e. The number of aromatic nitrogens is 1. The molecule has 1 aliphatic heterocycles. The van der Waals surface area contributed by atoms with Gasteiger partial charge in [-0.05, 0) is 74.7 Å². The fraction of sp³-hybridized carbons (Fsp3) is 0.219. The number of nitrogens with zero attached hydrogens (tertiary/aromatic N) is 2. The fourth-order valence-corrected chi connectivity index (χ4v) is 5.66. The number of aryl methyl sites for hydroxylation is 1. The van der Waals surface area contributed by atoms with Gasteiger partial charge in [-0.15, -0.1) is 0 Å². The number of rotatable bonds is 7. The lowest BCUT2D eigenvalue weighted by atomic mass is 9.96. The summed E-state index contributed by atoms with van der Waals surface area (Å²) in [5.74, 6) is 0.248. The zero-order valence-electron chi connectivity index (χ0n) is 22.7. The summed E-state index contributed by atoms with van der Waals surface area (Å²) in [6.45, 7) is 7.88. The highest BCUT2D eigenvalue weighted by atomic mass is 35.5. The van der Waals surface area contributed by atoms with Crippen LogP contribution in [0.2, 0.25) is 5.02 Å². The Labute approximate surface area is 241 Å². The quantitative estimate of drug-likeness (QED) is 0.265. The average Bonchev–Trinajstić information content (AvgIpc) is 3.22. The minimum atomic E-state index is -0.681. The summed E-state index contributed by atoms with van der Waals surface area (Å²) in [7, 11) is 0. The van der Waals surface area contributed by atoms with Gasteiger partial charge in [-0.25, -0.2) is 9.79 Å². The Morgan fingerprint density at radius 2 is 1.70 bits per heavy atom. The molecule has 0 fully saturated rings. The second-order valence-electron chi connectivity index (χ2n) is 9.93. The zero-order chi connectivity index (χ0) is 28.4. The lowest BCUT2D eigenvalue weighted by Crippen LogP contribution is -2.40. The van der Waals surface area contributed by atoms with Crippen LogP contribution in [0.15, 0.2) is 93.9 Å². The molecule has 40 heavy (non-hydrogen) atoms. The third-order valence-electron chi connectivity index (χ3n) is 6.47. The first-order valence-corrected chi connectivity index (χ1v) is 14.2. The van der Waals surface area contributed by atoms with Gasteiger partial charge in [-0.2, -0.15) is 0 Å². The van der Waals surface area contributed by atoms with Crippen molar-refractivity contribution in [2.24, 2.45) is 4.99 Å². The molecule has 8 heteroatoms. The average molecular weight is 573 g/mol. The van der Waals surface area contributed by atoms with Crippen molar-refractivity contribution in [1.29, 1.82) is 0 Å². The largest absolute Gasteiger partial charge is 0.489 e. The van der Waals surface area contributed by atoms with E-state index in [9.17, 15) is 9.59 Å². The molecule has 1 aliphatic rings. The van der Waals surface area contributed by atoms with Crippen molar-refractivity contribution < 1.29 is 14.3 Å². The summed E-state index contributed by atoms with van der Waals surface area (Å²) >= 11 is 7.43. The summed E-state index contributed by atoms with van der Waals surface area (Å²) < 4.78 is 13.5. The minimum absolute atomic E-state index is 0.231. The second kappa shape index (κ2) is 11.7. The van der Waals surface area contributed by atoms with Crippen LogP contribution in [-0.4, -0.2) is 16.6 Å². The molecule has 0 radical (unpaired) electrons. The monoisotopic (exact) mass is 572 g/mol. The highest BCUT2D eigenvalue weighted by Crippen LogP contribution is 2.31. The highest BCUT2D eigenvalue weighted by Gasteiger charge is 2.33. The molecule has 0 N–H and O–H groups in total. The van der Waals surface area contributed by atoms with Crippen LogP contribution < -0.4 is 19.6 Å². The van der Waals surface area contributed by atoms with Crippen molar-refractivity contribution in [2.45, 2.75) is 46.4 Å². The van der Waals surface area contributed by atoms with Crippen molar-refractivity contribution >= 4 is 35.0 Å². The number of esters is 1. The highest BCUT2D eigenvalue weighted by molar-refractivity contribution is 7.07. The van der Waals surface area contributed by atoms with Crippen LogP contribution in [0.25, 0.3) is 6.08 Å². The van der Waals surface area contributed by atoms with Gasteiger partial charge in [0.2, 0.25) is 0 Å². The summed E-state index contributed by atoms with van der Waals surface area (Å²) in [5, 5.41) is 0.564. The number of carbonyl (C=O) groups excluding carboxylic acids is 1. The van der Waals surface area contributed by atoms with E-state index in [4.69, 9.17) is 21.1 Å². The Kier molecular flexibility index (Phi) is 8.05. The first-order chi connectivity index (χ1) is 19.2. The van der Waals surface area contributed by atoms with E-state index in [1.54, 1.807) is 37.5 Å². The number of hydrogen-bond acceptors (Lipinski definition) is 6. The molecule has 1 atom stereocenters. The van der Waals surface area contributed by atoms with E-state index in [1.165, 1.54) is 16.9 Å². The third-order valence-corrected chi connectivity index (χ3v) is 7.71. The van der Waals surface area contributed by atoms with Gasteiger partial charge in [0.25, 0.3) is 5.56 Å². The molecule has 3 aromatic carbocycles. The fourth-order valence-electron chi connectivity index (χ4n) is 4.48. The summed E-state index contributed by atoms with van der Waals surface area (Å²) in [6, 6.07) is 22.3. The standard InChI is InChI=1S/C32H29ClN2O4S/c1-19(2)39-31(37)28-21(4)34-32-35(29(28)24-11-13-25(33)14-12-24)30(36)27(40-32)17-22-9-15-26(16-10-22)38-18-23-7-5-20(3)6-8-23/h5-17,19,29H,18H2,1-4H3/b27-17-. The number of hydrogen-bond donors (Lipinski definition) is 0. The molecule has 204 valence electrons. The Morgan fingerprint density at radius 1 is 1.02 bits per heavy atom. The van der Waals surface area contributed by atoms with Crippen molar-refractivity contribution in [1.82, 2.24) is 4.57 Å². The van der Waals surface area contributed by atoms with Crippen LogP contribution in [-0.2, 0) is 16.1 Å². The second-order valence-corrected chi connectivity index (χ2v) is 11.4. The van der Waals surface area contributed by atoms with Crippen LogP contribution >= 0.6 is 22.9 Å². The minimum Gasteiger partial charge on any atom is -0.489 e. The van der Waals surface area contributed by atoms with Crippen LogP contribution in [0.1, 0.15) is 49.1 Å². The Hall–Kier alpha value is -3.94. The van der Waals surface area contributed by atoms with E-state index in [2.05, 4.69) is 36.2 Å². The lowest BCUT2D eigenvalue weighted by Gasteiger charge is -2.25. The number of allylic oxidation sites excluding steroid dienone is 1. The summed E-state index contributed by atoms with van der Waals surface area (Å²) in [6.07, 6.45) is 1.52. The van der Waals surface area contributed by atoms with E-state index in [-0.39, 0.29) is 11.7 Å². The van der Waals surface area contributed by atoms with Gasteiger partial charge in [-0.1, -0.05) is 77.0 Å². The predicted octanol–water partition coefficient (Wildman–Crippen LogP) is 5.73. The van der Waals surface area contributed by atoms with Crippen molar-refractivity contribution in [3.8, 4) is 5.75 Å². The van der Waals surface area contributed by atoms with Crippen LogP contribution in [0.3, 0.4) is 0 Å². The Balaban J connectivity index is 1.49. The molecule has 1 aromatic heterocycles. The van der Waals surface area contributed by atoms with Gasteiger partial charge < -0.3 is 9.47 Å². The number of thiazole rings is 1. The molecule has 1 unspecified atom stereocenters. The van der Waals surface area contributed by atoms with Crippen LogP contribution in [0.5, 0.6) is 5.75 Å². The molecular formula is C32H29ClN2O4S. The van der Waals surface area contributed by atoms with E-state index >= 15 is 0 Å². The Morgan fingerprint density at radius 3 is 2.35 bits per heavy atom. The molecule has 0 bridgehead atoms. The topological polar surface area (TPSA) is 69.9 Å². The molecule has 4 aromatic rings. The smallest absolute Gasteiger partial charge is 0.338 e. The molecule has 0 aliphatic carbocycles. The van der Waals surface area contributed by atoms with E-state index in [0.29, 0.717) is 32.2 Å². The SMILES string of the molecule is CC1=C(C(=O)OC(C)C)C(c2ccc(Cl)cc2)n2c(s/c(=C\c3ccc(OCc4ccc(C)cc4)cc3)c2=O)=N1. The van der Waals surface area contributed by atoms with Gasteiger partial charge in [0.15, 0.2) is 4.80 Å². The molecule has 5 rings (SSSR count). The van der Waals surface area contributed by atoms with E-state index < -0.39 is 12.0 Å². The number of ether oxygens (including phenoxy) is 2. The summed E-state index contributed by atoms with van der Waals surface area (Å²) in [5.41, 5.74) is 4.53. The molecule has 2 heterocycles. The molecular weight excluding hydrogens is 544 g/mol. The van der Waals surface area contributed by atoms with Gasteiger partial charge in [0.1, 0.15) is 12.4 Å². The lowest BCUT2D eigenvalue weighted by molar-refractivity contribution is -0.143. The number of halogens is 1. The summed E-state index contributed by atoms with van der Waals surface area (Å²) in [4.78, 5) is 32.1. The van der Waals surface area contributed by atoms with Gasteiger partial charge in [0, 0.05) is 5.02 Å². The van der Waals surface area contributed by atoms with Gasteiger partial charge >= 0.3 is 5.97 Å². The third kappa shape index (κ3) is 5.96. The van der Waals surface area contributed by atoms with E-state index in [0.717, 1.165) is 22.4 Å². The van der Waals surface area contributed by atoms with Crippen molar-refractivity contribution in [3.05, 3.63) is 131 Å². The maximum atomic E-state index is 13.8. The maximum absolute atomic E-state index is 13.8. The van der Waals surface area contributed by atoms with Gasteiger partial charge in [-0.3, -0.25) is 9.36 Å². The van der Waals surface area contributed by atoms with Crippen LogP contribution in [0, 0.1) is 6.92 Å². The van der Waals surface area contributed by atoms with Crippen LogP contribution in [0.4, 0.5) is 0 Å². The molecule has 0 saturated heterocycles. The molecule has 6 nitrogen and oxygen atoms in total. The number of benzene rings is 3.